The molecule has 2 aromatic carbocycles. The summed E-state index contributed by atoms with van der Waals surface area (Å²) in [6.07, 6.45) is 1.81. The quantitative estimate of drug-likeness (QED) is 0.404. The largest absolute Gasteiger partial charge is 0.490 e. The van der Waals surface area contributed by atoms with Crippen LogP contribution in [0.3, 0.4) is 0 Å². The molecule has 0 N–H and O–H groups in total. The number of nitrogens with zero attached hydrogens (tertiary/aromatic N) is 1. The van der Waals surface area contributed by atoms with E-state index in [0.717, 1.165) is 10.0 Å². The van der Waals surface area contributed by atoms with Gasteiger partial charge in [-0.2, -0.15) is 5.26 Å². The molecule has 0 unspecified atom stereocenters. The van der Waals surface area contributed by atoms with Crippen LogP contribution in [0.5, 0.6) is 11.5 Å². The van der Waals surface area contributed by atoms with Crippen molar-refractivity contribution in [2.75, 3.05) is 6.61 Å². The number of halogens is 2. The van der Waals surface area contributed by atoms with E-state index in [1.165, 1.54) is 0 Å². The highest BCUT2D eigenvalue weighted by Crippen LogP contribution is 2.38. The molecule has 0 saturated heterocycles. The molecule has 0 amide bonds. The summed E-state index contributed by atoms with van der Waals surface area (Å²) in [6.45, 7) is 6.35. The minimum atomic E-state index is 0.0229. The minimum Gasteiger partial charge on any atom is -0.490 e. The van der Waals surface area contributed by atoms with Gasteiger partial charge < -0.3 is 9.47 Å². The number of hydrogen-bond donors (Lipinski definition) is 0. The van der Waals surface area contributed by atoms with Gasteiger partial charge in [0.15, 0.2) is 11.5 Å². The molecule has 0 fully saturated rings. The summed E-state index contributed by atoms with van der Waals surface area (Å²) >= 11 is 9.75. The molecule has 0 aromatic heterocycles. The Labute approximate surface area is 162 Å². The fraction of sp³-hybridized carbons (Fsp3) is 0.250. The van der Waals surface area contributed by atoms with Crippen LogP contribution in [0.15, 0.2) is 40.9 Å². The Morgan fingerprint density at radius 1 is 1.32 bits per heavy atom. The van der Waals surface area contributed by atoms with Crippen LogP contribution in [0.1, 0.15) is 31.9 Å². The Bertz CT molecular complexity index is 825. The first-order valence-corrected chi connectivity index (χ1v) is 9.13. The second-order valence-corrected chi connectivity index (χ2v) is 6.84. The Morgan fingerprint density at radius 3 is 2.64 bits per heavy atom. The normalized spacial score (nSPS) is 11.3. The van der Waals surface area contributed by atoms with E-state index in [1.807, 2.05) is 51.1 Å². The Morgan fingerprint density at radius 2 is 2.04 bits per heavy atom. The molecule has 0 aliphatic heterocycles. The average Bonchev–Trinajstić information content (AvgIpc) is 2.56. The van der Waals surface area contributed by atoms with Crippen LogP contribution in [-0.2, 0) is 0 Å². The van der Waals surface area contributed by atoms with Gasteiger partial charge in [-0.25, -0.2) is 0 Å². The summed E-state index contributed by atoms with van der Waals surface area (Å²) in [4.78, 5) is 0. The van der Waals surface area contributed by atoms with Crippen LogP contribution in [0, 0.1) is 11.3 Å². The van der Waals surface area contributed by atoms with Gasteiger partial charge in [0, 0.05) is 10.6 Å². The van der Waals surface area contributed by atoms with Gasteiger partial charge in [-0.05, 0) is 66.5 Å². The third kappa shape index (κ3) is 5.01. The second kappa shape index (κ2) is 8.94. The zero-order valence-electron chi connectivity index (χ0n) is 14.3. The third-order valence-corrected chi connectivity index (χ3v) is 4.20. The first-order chi connectivity index (χ1) is 12.0. The van der Waals surface area contributed by atoms with Gasteiger partial charge in [-0.3, -0.25) is 0 Å². The van der Waals surface area contributed by atoms with E-state index in [9.17, 15) is 5.26 Å². The molecule has 2 aromatic rings. The summed E-state index contributed by atoms with van der Waals surface area (Å²) in [5.74, 6) is 1.29. The van der Waals surface area contributed by atoms with E-state index in [4.69, 9.17) is 21.1 Å². The zero-order valence-corrected chi connectivity index (χ0v) is 16.7. The Kier molecular flexibility index (Phi) is 6.92. The standard InChI is InChI=1S/C20H19BrClNO2/c1-4-24-19-11-14(10-17(21)20(19)25-13(2)3)9-15(12-23)16-7-5-6-8-18(16)22/h5-11,13H,4H2,1-3H3. The molecular formula is C20H19BrClNO2. The van der Waals surface area contributed by atoms with E-state index >= 15 is 0 Å². The lowest BCUT2D eigenvalue weighted by molar-refractivity contribution is 0.222. The number of hydrogen-bond acceptors (Lipinski definition) is 3. The van der Waals surface area contributed by atoms with Crippen LogP contribution in [0.4, 0.5) is 0 Å². The van der Waals surface area contributed by atoms with Crippen molar-refractivity contribution in [3.63, 3.8) is 0 Å². The van der Waals surface area contributed by atoms with E-state index in [2.05, 4.69) is 22.0 Å². The second-order valence-electron chi connectivity index (χ2n) is 5.58. The van der Waals surface area contributed by atoms with Crippen molar-refractivity contribution in [2.45, 2.75) is 26.9 Å². The minimum absolute atomic E-state index is 0.0229. The first-order valence-electron chi connectivity index (χ1n) is 7.96. The van der Waals surface area contributed by atoms with Gasteiger partial charge in [0.2, 0.25) is 0 Å². The fourth-order valence-electron chi connectivity index (χ4n) is 2.30. The van der Waals surface area contributed by atoms with Gasteiger partial charge in [-0.15, -0.1) is 0 Å². The molecule has 2 rings (SSSR count). The molecule has 3 nitrogen and oxygen atoms in total. The van der Waals surface area contributed by atoms with Gasteiger partial charge in [0.25, 0.3) is 0 Å². The Balaban J connectivity index is 2.52. The van der Waals surface area contributed by atoms with Crippen LogP contribution < -0.4 is 9.47 Å². The molecule has 0 bridgehead atoms. The van der Waals surface area contributed by atoms with Gasteiger partial charge in [0.05, 0.1) is 28.8 Å². The molecule has 25 heavy (non-hydrogen) atoms. The number of rotatable bonds is 6. The molecule has 0 saturated carbocycles. The molecule has 0 heterocycles. The van der Waals surface area contributed by atoms with Gasteiger partial charge >= 0.3 is 0 Å². The monoisotopic (exact) mass is 419 g/mol. The maximum Gasteiger partial charge on any atom is 0.175 e. The van der Waals surface area contributed by atoms with E-state index < -0.39 is 0 Å². The summed E-state index contributed by atoms with van der Waals surface area (Å²) in [5.41, 5.74) is 2.00. The van der Waals surface area contributed by atoms with E-state index in [0.29, 0.717) is 34.3 Å². The summed E-state index contributed by atoms with van der Waals surface area (Å²) in [7, 11) is 0. The van der Waals surface area contributed by atoms with Crippen LogP contribution in [0.25, 0.3) is 11.6 Å². The smallest absolute Gasteiger partial charge is 0.175 e. The molecular weight excluding hydrogens is 402 g/mol. The van der Waals surface area contributed by atoms with E-state index in [-0.39, 0.29) is 6.10 Å². The highest BCUT2D eigenvalue weighted by atomic mass is 79.9. The van der Waals surface area contributed by atoms with Gasteiger partial charge in [0.1, 0.15) is 0 Å². The van der Waals surface area contributed by atoms with Crippen molar-refractivity contribution in [3.05, 3.63) is 57.0 Å². The topological polar surface area (TPSA) is 42.2 Å². The van der Waals surface area contributed by atoms with Gasteiger partial charge in [-0.1, -0.05) is 29.8 Å². The van der Waals surface area contributed by atoms with Crippen molar-refractivity contribution in [1.29, 1.82) is 5.26 Å². The van der Waals surface area contributed by atoms with Crippen molar-refractivity contribution in [1.82, 2.24) is 0 Å². The number of benzene rings is 2. The molecule has 0 aliphatic carbocycles. The lowest BCUT2D eigenvalue weighted by Gasteiger charge is -2.17. The number of allylic oxidation sites excluding steroid dienone is 1. The maximum absolute atomic E-state index is 9.54. The summed E-state index contributed by atoms with van der Waals surface area (Å²) in [6, 6.07) is 13.3. The Hall–Kier alpha value is -1.96. The van der Waals surface area contributed by atoms with E-state index in [1.54, 1.807) is 12.1 Å². The lowest BCUT2D eigenvalue weighted by atomic mass is 10.0. The number of ether oxygens (including phenoxy) is 2. The average molecular weight is 421 g/mol. The number of nitriles is 1. The van der Waals surface area contributed by atoms with Crippen molar-refractivity contribution in [2.24, 2.45) is 0 Å². The molecule has 5 heteroatoms. The predicted molar refractivity (Wildman–Crippen MR) is 106 cm³/mol. The molecule has 0 spiro atoms. The van der Waals surface area contributed by atoms with Crippen LogP contribution >= 0.6 is 27.5 Å². The third-order valence-electron chi connectivity index (χ3n) is 3.28. The fourth-order valence-corrected chi connectivity index (χ4v) is 3.09. The lowest BCUT2D eigenvalue weighted by Crippen LogP contribution is -2.08. The van der Waals surface area contributed by atoms with Crippen molar-refractivity contribution < 1.29 is 9.47 Å². The van der Waals surface area contributed by atoms with Crippen LogP contribution in [0.2, 0.25) is 5.02 Å². The first kappa shape index (κ1) is 19.4. The molecule has 0 atom stereocenters. The van der Waals surface area contributed by atoms with Crippen molar-refractivity contribution >= 4 is 39.2 Å². The molecule has 130 valence electrons. The highest BCUT2D eigenvalue weighted by Gasteiger charge is 2.14. The maximum atomic E-state index is 9.54. The SMILES string of the molecule is CCOc1cc(C=C(C#N)c2ccccc2Cl)cc(Br)c1OC(C)C. The predicted octanol–water partition coefficient (Wildman–Crippen LogP) is 6.35. The van der Waals surface area contributed by atoms with Crippen molar-refractivity contribution in [3.8, 4) is 17.6 Å². The summed E-state index contributed by atoms with van der Waals surface area (Å²) in [5, 5.41) is 10.1. The highest BCUT2D eigenvalue weighted by molar-refractivity contribution is 9.10. The molecule has 0 radical (unpaired) electrons. The summed E-state index contributed by atoms with van der Waals surface area (Å²) < 4.78 is 12.3. The zero-order chi connectivity index (χ0) is 18.4. The molecule has 0 aliphatic rings. The van der Waals surface area contributed by atoms with Crippen LogP contribution in [-0.4, -0.2) is 12.7 Å².